The van der Waals surface area contributed by atoms with E-state index in [2.05, 4.69) is 9.88 Å². The van der Waals surface area contributed by atoms with Gasteiger partial charge in [0.25, 0.3) is 0 Å². The predicted octanol–water partition coefficient (Wildman–Crippen LogP) is 5.86. The highest BCUT2D eigenvalue weighted by Gasteiger charge is 2.20. The van der Waals surface area contributed by atoms with E-state index < -0.39 is 12.1 Å². The molecule has 0 spiro atoms. The lowest BCUT2D eigenvalue weighted by molar-refractivity contribution is -0.145. The zero-order valence-electron chi connectivity index (χ0n) is 20.6. The fraction of sp³-hybridized carbons (Fsp3) is 0.321. The molecule has 0 fully saturated rings. The lowest BCUT2D eigenvalue weighted by atomic mass is 10.1. The van der Waals surface area contributed by atoms with Crippen molar-refractivity contribution < 1.29 is 23.5 Å². The fourth-order valence-corrected chi connectivity index (χ4v) is 3.90. The molecule has 36 heavy (non-hydrogen) atoms. The Bertz CT molecular complexity index is 1220. The number of ether oxygens (including phenoxy) is 1. The molecule has 0 aliphatic heterocycles. The summed E-state index contributed by atoms with van der Waals surface area (Å²) in [6.07, 6.45) is 4.56. The van der Waals surface area contributed by atoms with E-state index in [-0.39, 0.29) is 0 Å². The van der Waals surface area contributed by atoms with Gasteiger partial charge in [0.05, 0.1) is 18.4 Å². The van der Waals surface area contributed by atoms with Gasteiger partial charge in [-0.05, 0) is 49.6 Å². The van der Waals surface area contributed by atoms with Gasteiger partial charge in [-0.3, -0.25) is 4.90 Å². The monoisotopic (exact) mass is 489 g/mol. The highest BCUT2D eigenvalue weighted by atomic mass is 16.5. The average molecular weight is 490 g/mol. The van der Waals surface area contributed by atoms with Crippen LogP contribution in [-0.2, 0) is 24.4 Å². The topological polar surface area (TPSA) is 102 Å². The summed E-state index contributed by atoms with van der Waals surface area (Å²) in [5.41, 5.74) is 2.82. The lowest BCUT2D eigenvalue weighted by Crippen LogP contribution is -2.27. The smallest absolute Gasteiger partial charge is 0.344 e. The molecule has 0 radical (unpaired) electrons. The van der Waals surface area contributed by atoms with E-state index in [1.165, 1.54) is 0 Å². The summed E-state index contributed by atoms with van der Waals surface area (Å²) in [4.78, 5) is 22.7. The minimum atomic E-state index is -0.942. The van der Waals surface area contributed by atoms with E-state index in [1.807, 2.05) is 68.4 Å². The van der Waals surface area contributed by atoms with Crippen LogP contribution in [0.2, 0.25) is 0 Å². The zero-order chi connectivity index (χ0) is 25.3. The number of benzene rings is 2. The van der Waals surface area contributed by atoms with Crippen LogP contribution in [0.1, 0.15) is 49.1 Å². The Balaban J connectivity index is 1.47. The largest absolute Gasteiger partial charge is 0.479 e. The Kier molecular flexibility index (Phi) is 8.52. The van der Waals surface area contributed by atoms with Crippen LogP contribution in [0.25, 0.3) is 11.5 Å². The van der Waals surface area contributed by atoms with Crippen molar-refractivity contribution in [1.29, 1.82) is 0 Å². The number of aromatic nitrogens is 2. The maximum atomic E-state index is 11.5. The predicted molar refractivity (Wildman–Crippen MR) is 134 cm³/mol. The third-order valence-electron chi connectivity index (χ3n) is 5.83. The van der Waals surface area contributed by atoms with Crippen molar-refractivity contribution in [2.75, 3.05) is 0 Å². The molecule has 0 aliphatic rings. The first kappa shape index (κ1) is 25.2. The van der Waals surface area contributed by atoms with Crippen molar-refractivity contribution in [3.8, 4) is 17.2 Å². The van der Waals surface area contributed by atoms with Crippen LogP contribution in [0.15, 0.2) is 75.9 Å². The number of oxazole rings is 2. The molecule has 0 aliphatic carbocycles. The van der Waals surface area contributed by atoms with Gasteiger partial charge < -0.3 is 18.7 Å². The van der Waals surface area contributed by atoms with Crippen LogP contribution in [0.4, 0.5) is 0 Å². The number of hydrogen-bond donors (Lipinski definition) is 1. The van der Waals surface area contributed by atoms with Crippen molar-refractivity contribution >= 4 is 5.97 Å². The van der Waals surface area contributed by atoms with E-state index in [0.717, 1.165) is 35.4 Å². The highest BCUT2D eigenvalue weighted by Crippen LogP contribution is 2.24. The molecular weight excluding hydrogens is 458 g/mol. The highest BCUT2D eigenvalue weighted by molar-refractivity contribution is 5.72. The number of hydrogen-bond acceptors (Lipinski definition) is 7. The normalized spacial score (nSPS) is 12.1. The standard InChI is InChI=1S/C28H31N3O5/c1-3-4-10-25(28(32)33)36-23-13-11-21(12-14-23)17-31(19-26-29-15-16-34-26)18-24-20(2)35-27(30-24)22-8-6-5-7-9-22/h5-9,11-16,25H,3-4,10,17-19H2,1-2H3,(H,32,33). The Labute approximate surface area is 210 Å². The summed E-state index contributed by atoms with van der Waals surface area (Å²) in [6, 6.07) is 17.3. The number of carboxylic acids is 1. The molecule has 1 N–H and O–H groups in total. The van der Waals surface area contributed by atoms with Gasteiger partial charge >= 0.3 is 5.97 Å². The summed E-state index contributed by atoms with van der Waals surface area (Å²) in [6.45, 7) is 5.59. The van der Waals surface area contributed by atoms with Gasteiger partial charge in [-0.1, -0.05) is 43.7 Å². The molecule has 0 bridgehead atoms. The van der Waals surface area contributed by atoms with Crippen LogP contribution in [0, 0.1) is 6.92 Å². The molecule has 4 rings (SSSR count). The molecule has 188 valence electrons. The minimum Gasteiger partial charge on any atom is -0.479 e. The molecule has 0 saturated heterocycles. The number of rotatable bonds is 13. The Hall–Kier alpha value is -3.91. The number of aliphatic carboxylic acids is 1. The Morgan fingerprint density at radius 2 is 1.86 bits per heavy atom. The van der Waals surface area contributed by atoms with Crippen LogP contribution >= 0.6 is 0 Å². The lowest BCUT2D eigenvalue weighted by Gasteiger charge is -2.20. The molecule has 1 atom stereocenters. The maximum Gasteiger partial charge on any atom is 0.344 e. The SMILES string of the molecule is CCCCC(Oc1ccc(CN(Cc2ncco2)Cc2nc(-c3ccccc3)oc2C)cc1)C(=O)O. The molecule has 4 aromatic rings. The van der Waals surface area contributed by atoms with Gasteiger partial charge in [-0.15, -0.1) is 0 Å². The van der Waals surface area contributed by atoms with Crippen molar-refractivity contribution in [2.45, 2.75) is 58.8 Å². The van der Waals surface area contributed by atoms with Gasteiger partial charge in [0, 0.05) is 18.7 Å². The van der Waals surface area contributed by atoms with Crippen LogP contribution < -0.4 is 4.74 Å². The molecular formula is C28H31N3O5. The van der Waals surface area contributed by atoms with E-state index in [9.17, 15) is 9.90 Å². The van der Waals surface area contributed by atoms with Crippen molar-refractivity contribution in [2.24, 2.45) is 0 Å². The first-order valence-corrected chi connectivity index (χ1v) is 12.1. The summed E-state index contributed by atoms with van der Waals surface area (Å²) < 4.78 is 17.2. The summed E-state index contributed by atoms with van der Waals surface area (Å²) in [5.74, 6) is 1.57. The van der Waals surface area contributed by atoms with E-state index in [4.69, 9.17) is 18.6 Å². The van der Waals surface area contributed by atoms with E-state index in [1.54, 1.807) is 12.5 Å². The molecule has 2 aromatic heterocycles. The van der Waals surface area contributed by atoms with Gasteiger partial charge in [0.1, 0.15) is 17.8 Å². The minimum absolute atomic E-state index is 0.486. The van der Waals surface area contributed by atoms with E-state index >= 15 is 0 Å². The number of nitrogens with zero attached hydrogens (tertiary/aromatic N) is 3. The zero-order valence-corrected chi connectivity index (χ0v) is 20.6. The molecule has 0 saturated carbocycles. The Morgan fingerprint density at radius 1 is 1.08 bits per heavy atom. The van der Waals surface area contributed by atoms with Crippen LogP contribution in [0.5, 0.6) is 5.75 Å². The fourth-order valence-electron chi connectivity index (χ4n) is 3.90. The molecule has 8 nitrogen and oxygen atoms in total. The third-order valence-corrected chi connectivity index (χ3v) is 5.83. The third kappa shape index (κ3) is 6.82. The number of aryl methyl sites for hydroxylation is 1. The van der Waals surface area contributed by atoms with Crippen molar-refractivity contribution in [3.63, 3.8) is 0 Å². The molecule has 1 unspecified atom stereocenters. The number of carbonyl (C=O) groups is 1. The number of carboxylic acid groups (broad SMARTS) is 1. The van der Waals surface area contributed by atoms with Crippen molar-refractivity contribution in [1.82, 2.24) is 14.9 Å². The van der Waals surface area contributed by atoms with Gasteiger partial charge in [0.2, 0.25) is 11.8 Å². The van der Waals surface area contributed by atoms with Gasteiger partial charge in [0.15, 0.2) is 6.10 Å². The van der Waals surface area contributed by atoms with Gasteiger partial charge in [-0.2, -0.15) is 0 Å². The Morgan fingerprint density at radius 3 is 2.53 bits per heavy atom. The quantitative estimate of drug-likeness (QED) is 0.249. The second kappa shape index (κ2) is 12.2. The second-order valence-corrected chi connectivity index (χ2v) is 8.69. The average Bonchev–Trinajstić information content (AvgIpc) is 3.53. The van der Waals surface area contributed by atoms with Gasteiger partial charge in [-0.25, -0.2) is 14.8 Å². The summed E-state index contributed by atoms with van der Waals surface area (Å²) in [5, 5.41) is 9.43. The summed E-state index contributed by atoms with van der Waals surface area (Å²) in [7, 11) is 0. The second-order valence-electron chi connectivity index (χ2n) is 8.69. The molecule has 0 amide bonds. The molecule has 2 aromatic carbocycles. The summed E-state index contributed by atoms with van der Waals surface area (Å²) >= 11 is 0. The van der Waals surface area contributed by atoms with Crippen LogP contribution in [0.3, 0.4) is 0 Å². The van der Waals surface area contributed by atoms with Crippen LogP contribution in [-0.4, -0.2) is 32.0 Å². The van der Waals surface area contributed by atoms with E-state index in [0.29, 0.717) is 43.6 Å². The number of unbranched alkanes of at least 4 members (excludes halogenated alkanes) is 1. The molecule has 8 heteroatoms. The first-order valence-electron chi connectivity index (χ1n) is 12.1. The van der Waals surface area contributed by atoms with Crippen molar-refractivity contribution in [3.05, 3.63) is 90.0 Å². The molecule has 2 heterocycles. The first-order chi connectivity index (χ1) is 17.5. The maximum absolute atomic E-state index is 11.5.